The van der Waals surface area contributed by atoms with Crippen LogP contribution in [0.3, 0.4) is 0 Å². The molecule has 1 amide bonds. The van der Waals surface area contributed by atoms with Gasteiger partial charge in [0.05, 0.1) is 17.4 Å². The van der Waals surface area contributed by atoms with Gasteiger partial charge in [-0.05, 0) is 62.6 Å². The molecule has 1 aromatic heterocycles. The van der Waals surface area contributed by atoms with Gasteiger partial charge in [-0.3, -0.25) is 14.5 Å². The minimum absolute atomic E-state index is 0.163. The zero-order chi connectivity index (χ0) is 22.0. The van der Waals surface area contributed by atoms with Gasteiger partial charge in [0.25, 0.3) is 5.91 Å². The summed E-state index contributed by atoms with van der Waals surface area (Å²) in [6, 6.07) is 11.1. The Kier molecular flexibility index (Phi) is 6.48. The highest BCUT2D eigenvalue weighted by Crippen LogP contribution is 2.39. The van der Waals surface area contributed by atoms with Crippen molar-refractivity contribution < 1.29 is 23.8 Å². The van der Waals surface area contributed by atoms with Gasteiger partial charge in [-0.1, -0.05) is 30.4 Å². The molecule has 31 heavy (non-hydrogen) atoms. The van der Waals surface area contributed by atoms with E-state index in [2.05, 4.69) is 0 Å². The van der Waals surface area contributed by atoms with Crippen LogP contribution in [0.5, 0.6) is 5.75 Å². The molecule has 8 heteroatoms. The number of benzene rings is 1. The standard InChI is InChI=1S/C23H23NO5S2/c1-2-28-17-8-6-14(7-9-17)19-11-10-18(29-19)13-20-21(25)24(23(30)31-20)16-5-3-4-15(12-16)22(26)27/h6-11,13,15-16H,2-5,12H2,1H3,(H,26,27). The molecule has 1 aliphatic heterocycles. The highest BCUT2D eigenvalue weighted by molar-refractivity contribution is 8.26. The molecule has 162 valence electrons. The molecule has 2 unspecified atom stereocenters. The number of furan rings is 1. The van der Waals surface area contributed by atoms with Crippen LogP contribution in [0.25, 0.3) is 17.4 Å². The van der Waals surface area contributed by atoms with Crippen LogP contribution < -0.4 is 4.74 Å². The molecule has 0 radical (unpaired) electrons. The quantitative estimate of drug-likeness (QED) is 0.472. The number of aliphatic carboxylic acids is 1. The average Bonchev–Trinajstić information content (AvgIpc) is 3.33. The molecule has 6 nitrogen and oxygen atoms in total. The van der Waals surface area contributed by atoms with Crippen LogP contribution in [0.15, 0.2) is 45.7 Å². The third kappa shape index (κ3) is 4.70. The normalized spacial score (nSPS) is 22.9. The van der Waals surface area contributed by atoms with E-state index in [4.69, 9.17) is 21.4 Å². The summed E-state index contributed by atoms with van der Waals surface area (Å²) in [5.74, 6) is 0.662. The maximum absolute atomic E-state index is 13.0. The molecule has 1 aliphatic carbocycles. The molecule has 2 fully saturated rings. The lowest BCUT2D eigenvalue weighted by atomic mass is 9.85. The highest BCUT2D eigenvalue weighted by Gasteiger charge is 2.40. The number of carbonyl (C=O) groups is 2. The van der Waals surface area contributed by atoms with Crippen molar-refractivity contribution in [3.05, 3.63) is 47.1 Å². The van der Waals surface area contributed by atoms with E-state index in [1.165, 1.54) is 11.8 Å². The third-order valence-electron chi connectivity index (χ3n) is 5.53. The second-order valence-corrected chi connectivity index (χ2v) is 9.24. The van der Waals surface area contributed by atoms with Crippen molar-refractivity contribution in [3.8, 4) is 17.1 Å². The minimum atomic E-state index is -0.803. The summed E-state index contributed by atoms with van der Waals surface area (Å²) in [5, 5.41) is 9.34. The third-order valence-corrected chi connectivity index (χ3v) is 6.86. The Morgan fingerprint density at radius 3 is 2.77 bits per heavy atom. The van der Waals surface area contributed by atoms with Crippen LogP contribution in [0.4, 0.5) is 0 Å². The Labute approximate surface area is 190 Å². The summed E-state index contributed by atoms with van der Waals surface area (Å²) in [7, 11) is 0. The first-order chi connectivity index (χ1) is 15.0. The van der Waals surface area contributed by atoms with Crippen LogP contribution in [-0.2, 0) is 9.59 Å². The second-order valence-electron chi connectivity index (χ2n) is 7.57. The monoisotopic (exact) mass is 457 g/mol. The number of ether oxygens (including phenoxy) is 1. The van der Waals surface area contributed by atoms with Crippen molar-refractivity contribution in [2.75, 3.05) is 6.61 Å². The van der Waals surface area contributed by atoms with Gasteiger partial charge in [-0.25, -0.2) is 0 Å². The van der Waals surface area contributed by atoms with E-state index in [-0.39, 0.29) is 11.9 Å². The first-order valence-corrected chi connectivity index (χ1v) is 11.5. The van der Waals surface area contributed by atoms with Gasteiger partial charge in [-0.2, -0.15) is 0 Å². The molecular weight excluding hydrogens is 434 g/mol. The van der Waals surface area contributed by atoms with Gasteiger partial charge < -0.3 is 14.3 Å². The zero-order valence-corrected chi connectivity index (χ0v) is 18.7. The van der Waals surface area contributed by atoms with Gasteiger partial charge in [0, 0.05) is 17.7 Å². The first kappa shape index (κ1) is 21.6. The Morgan fingerprint density at radius 2 is 2.06 bits per heavy atom. The predicted molar refractivity (Wildman–Crippen MR) is 124 cm³/mol. The van der Waals surface area contributed by atoms with Gasteiger partial charge in [0.2, 0.25) is 0 Å². The molecule has 1 saturated carbocycles. The topological polar surface area (TPSA) is 80.0 Å². The van der Waals surface area contributed by atoms with Crippen molar-refractivity contribution in [1.29, 1.82) is 0 Å². The number of carboxylic acid groups (broad SMARTS) is 1. The number of amides is 1. The molecule has 0 bridgehead atoms. The smallest absolute Gasteiger partial charge is 0.306 e. The summed E-state index contributed by atoms with van der Waals surface area (Å²) < 4.78 is 11.9. The lowest BCUT2D eigenvalue weighted by molar-refractivity contribution is -0.144. The van der Waals surface area contributed by atoms with E-state index in [0.29, 0.717) is 40.2 Å². The summed E-state index contributed by atoms with van der Waals surface area (Å²) in [5.41, 5.74) is 0.914. The van der Waals surface area contributed by atoms with Crippen LogP contribution in [0, 0.1) is 5.92 Å². The van der Waals surface area contributed by atoms with Crippen molar-refractivity contribution >= 4 is 46.3 Å². The first-order valence-electron chi connectivity index (χ1n) is 10.3. The molecule has 0 spiro atoms. The van der Waals surface area contributed by atoms with Crippen LogP contribution >= 0.6 is 24.0 Å². The van der Waals surface area contributed by atoms with Crippen molar-refractivity contribution in [2.45, 2.75) is 38.6 Å². The molecule has 2 aromatic rings. The van der Waals surface area contributed by atoms with Crippen LogP contribution in [0.2, 0.25) is 0 Å². The van der Waals surface area contributed by atoms with Gasteiger partial charge in [0.1, 0.15) is 21.6 Å². The van der Waals surface area contributed by atoms with Crippen LogP contribution in [-0.4, -0.2) is 38.9 Å². The van der Waals surface area contributed by atoms with Crippen molar-refractivity contribution in [2.24, 2.45) is 5.92 Å². The number of carbonyl (C=O) groups excluding carboxylic acids is 1. The van der Waals surface area contributed by atoms with Crippen molar-refractivity contribution in [3.63, 3.8) is 0 Å². The average molecular weight is 458 g/mol. The summed E-state index contributed by atoms with van der Waals surface area (Å²) in [6.07, 6.45) is 4.34. The molecule has 1 aromatic carbocycles. The molecule has 1 N–H and O–H groups in total. The number of nitrogens with zero attached hydrogens (tertiary/aromatic N) is 1. The van der Waals surface area contributed by atoms with Gasteiger partial charge in [-0.15, -0.1) is 0 Å². The number of carboxylic acids is 1. The molecule has 2 atom stereocenters. The zero-order valence-electron chi connectivity index (χ0n) is 17.1. The summed E-state index contributed by atoms with van der Waals surface area (Å²) in [4.78, 5) is 26.5. The maximum atomic E-state index is 13.0. The second kappa shape index (κ2) is 9.28. The van der Waals surface area contributed by atoms with E-state index >= 15 is 0 Å². The lowest BCUT2D eigenvalue weighted by Crippen LogP contribution is -2.42. The number of hydrogen-bond donors (Lipinski definition) is 1. The summed E-state index contributed by atoms with van der Waals surface area (Å²) >= 11 is 6.69. The van der Waals surface area contributed by atoms with E-state index in [1.54, 1.807) is 11.0 Å². The largest absolute Gasteiger partial charge is 0.494 e. The fraction of sp³-hybridized carbons (Fsp3) is 0.348. The lowest BCUT2D eigenvalue weighted by Gasteiger charge is -2.32. The van der Waals surface area contributed by atoms with Crippen LogP contribution in [0.1, 0.15) is 38.4 Å². The number of hydrogen-bond acceptors (Lipinski definition) is 6. The summed E-state index contributed by atoms with van der Waals surface area (Å²) in [6.45, 7) is 2.55. The maximum Gasteiger partial charge on any atom is 0.306 e. The predicted octanol–water partition coefficient (Wildman–Crippen LogP) is 5.19. The van der Waals surface area contributed by atoms with E-state index in [9.17, 15) is 14.7 Å². The number of rotatable bonds is 6. The van der Waals surface area contributed by atoms with Gasteiger partial charge in [0.15, 0.2) is 0 Å². The Hall–Kier alpha value is -2.58. The SMILES string of the molecule is CCOc1ccc(-c2ccc(C=C3SC(=S)N(C4CCCC(C(=O)O)C4)C3=O)o2)cc1. The number of thioether (sulfide) groups is 1. The highest BCUT2D eigenvalue weighted by atomic mass is 32.2. The van der Waals surface area contributed by atoms with E-state index in [0.717, 1.165) is 24.2 Å². The molecule has 1 saturated heterocycles. The van der Waals surface area contributed by atoms with Gasteiger partial charge >= 0.3 is 5.97 Å². The van der Waals surface area contributed by atoms with E-state index in [1.807, 2.05) is 43.3 Å². The Bertz CT molecular complexity index is 1030. The fourth-order valence-corrected chi connectivity index (χ4v) is 5.39. The minimum Gasteiger partial charge on any atom is -0.494 e. The Balaban J connectivity index is 1.49. The molecule has 2 aliphatic rings. The molecular formula is C23H23NO5S2. The number of thiocarbonyl (C=S) groups is 1. The Morgan fingerprint density at radius 1 is 1.29 bits per heavy atom. The van der Waals surface area contributed by atoms with Crippen molar-refractivity contribution in [1.82, 2.24) is 4.90 Å². The fourth-order valence-electron chi connectivity index (χ4n) is 4.01. The molecule has 4 rings (SSSR count). The van der Waals surface area contributed by atoms with E-state index < -0.39 is 11.9 Å². The molecule has 2 heterocycles.